The fourth-order valence-corrected chi connectivity index (χ4v) is 1.98. The van der Waals surface area contributed by atoms with Crippen LogP contribution in [0.4, 0.5) is 0 Å². The monoisotopic (exact) mass is 253 g/mol. The number of nitrogens with one attached hydrogen (secondary N) is 1. The van der Waals surface area contributed by atoms with Crippen molar-refractivity contribution in [3.05, 3.63) is 12.2 Å². The summed E-state index contributed by atoms with van der Waals surface area (Å²) in [6.45, 7) is 2.62. The van der Waals surface area contributed by atoms with Crippen molar-refractivity contribution in [3.63, 3.8) is 0 Å². The molecule has 3 N–H and O–H groups in total. The van der Waals surface area contributed by atoms with Gasteiger partial charge in [0.2, 0.25) is 5.91 Å². The summed E-state index contributed by atoms with van der Waals surface area (Å²) in [7, 11) is 1.55. The summed E-state index contributed by atoms with van der Waals surface area (Å²) in [6.07, 6.45) is 7.63. The first-order chi connectivity index (χ1) is 8.63. The zero-order valence-electron chi connectivity index (χ0n) is 11.2. The SMILES string of the molecule is COC[C@@H](N=C(C)N)C(=O)NCC1CC=CCC1. The van der Waals surface area contributed by atoms with Crippen molar-refractivity contribution in [2.24, 2.45) is 16.6 Å². The molecular weight excluding hydrogens is 230 g/mol. The second-order valence-corrected chi connectivity index (χ2v) is 4.64. The number of carbonyl (C=O) groups is 1. The van der Waals surface area contributed by atoms with Gasteiger partial charge in [0.05, 0.1) is 12.4 Å². The number of allylic oxidation sites excluding steroid dienone is 2. The molecule has 0 bridgehead atoms. The standard InChI is InChI=1S/C13H23N3O2/c1-10(14)16-12(9-18-2)13(17)15-8-11-6-4-3-5-7-11/h3-4,11-12H,5-9H2,1-2H3,(H2,14,16)(H,15,17)/t11?,12-/m1/s1. The maximum atomic E-state index is 11.9. The van der Waals surface area contributed by atoms with Gasteiger partial charge < -0.3 is 15.8 Å². The molecule has 1 aliphatic carbocycles. The highest BCUT2D eigenvalue weighted by Gasteiger charge is 2.18. The minimum Gasteiger partial charge on any atom is -0.388 e. The number of aliphatic imine (C=N–C) groups is 1. The fourth-order valence-electron chi connectivity index (χ4n) is 1.98. The van der Waals surface area contributed by atoms with Gasteiger partial charge >= 0.3 is 0 Å². The Morgan fingerprint density at radius 3 is 2.94 bits per heavy atom. The smallest absolute Gasteiger partial charge is 0.247 e. The molecule has 0 spiro atoms. The second-order valence-electron chi connectivity index (χ2n) is 4.64. The van der Waals surface area contributed by atoms with Gasteiger partial charge in [0.15, 0.2) is 6.04 Å². The van der Waals surface area contributed by atoms with Crippen molar-refractivity contribution >= 4 is 11.7 Å². The van der Waals surface area contributed by atoms with Crippen molar-refractivity contribution < 1.29 is 9.53 Å². The van der Waals surface area contributed by atoms with Gasteiger partial charge in [-0.15, -0.1) is 0 Å². The minimum absolute atomic E-state index is 0.115. The van der Waals surface area contributed by atoms with E-state index in [-0.39, 0.29) is 12.5 Å². The Morgan fingerprint density at radius 1 is 1.61 bits per heavy atom. The number of rotatable bonds is 6. The molecule has 102 valence electrons. The molecule has 1 rings (SSSR count). The van der Waals surface area contributed by atoms with Gasteiger partial charge in [0.1, 0.15) is 0 Å². The number of nitrogens with zero attached hydrogens (tertiary/aromatic N) is 1. The number of hydrogen-bond donors (Lipinski definition) is 2. The highest BCUT2D eigenvalue weighted by molar-refractivity contribution is 5.86. The number of methoxy groups -OCH3 is 1. The van der Waals surface area contributed by atoms with E-state index in [4.69, 9.17) is 10.5 Å². The molecule has 1 amide bonds. The van der Waals surface area contributed by atoms with Crippen LogP contribution in [-0.2, 0) is 9.53 Å². The number of ether oxygens (including phenoxy) is 1. The van der Waals surface area contributed by atoms with Crippen LogP contribution < -0.4 is 11.1 Å². The third-order valence-electron chi connectivity index (χ3n) is 2.93. The molecule has 0 aromatic carbocycles. The molecule has 0 aromatic heterocycles. The summed E-state index contributed by atoms with van der Waals surface area (Å²) in [5.41, 5.74) is 5.51. The van der Waals surface area contributed by atoms with Gasteiger partial charge in [-0.05, 0) is 32.1 Å². The largest absolute Gasteiger partial charge is 0.388 e. The molecule has 5 heteroatoms. The lowest BCUT2D eigenvalue weighted by molar-refractivity contribution is -0.123. The van der Waals surface area contributed by atoms with Gasteiger partial charge in [-0.3, -0.25) is 9.79 Å². The normalized spacial score (nSPS) is 21.7. The predicted octanol–water partition coefficient (Wildman–Crippen LogP) is 0.851. The zero-order valence-corrected chi connectivity index (χ0v) is 11.2. The lowest BCUT2D eigenvalue weighted by atomic mass is 9.94. The van der Waals surface area contributed by atoms with Crippen molar-refractivity contribution in [2.75, 3.05) is 20.3 Å². The number of hydrogen-bond acceptors (Lipinski definition) is 3. The third-order valence-corrected chi connectivity index (χ3v) is 2.93. The summed E-state index contributed by atoms with van der Waals surface area (Å²) in [5, 5.41) is 2.93. The molecular formula is C13H23N3O2. The van der Waals surface area contributed by atoms with E-state index >= 15 is 0 Å². The van der Waals surface area contributed by atoms with Crippen molar-refractivity contribution in [3.8, 4) is 0 Å². The summed E-state index contributed by atoms with van der Waals surface area (Å²) in [6, 6.07) is -0.542. The zero-order chi connectivity index (χ0) is 13.4. The van der Waals surface area contributed by atoms with Crippen LogP contribution in [0.2, 0.25) is 0 Å². The van der Waals surface area contributed by atoms with Gasteiger partial charge in [0, 0.05) is 13.7 Å². The van der Waals surface area contributed by atoms with Crippen LogP contribution >= 0.6 is 0 Å². The Bertz CT molecular complexity index is 322. The van der Waals surface area contributed by atoms with Crippen LogP contribution in [0.1, 0.15) is 26.2 Å². The lowest BCUT2D eigenvalue weighted by Gasteiger charge is -2.19. The molecule has 5 nitrogen and oxygen atoms in total. The maximum absolute atomic E-state index is 11.9. The van der Waals surface area contributed by atoms with E-state index in [1.165, 1.54) is 0 Å². The van der Waals surface area contributed by atoms with Crippen LogP contribution in [-0.4, -0.2) is 38.0 Å². The van der Waals surface area contributed by atoms with Gasteiger partial charge in [-0.1, -0.05) is 12.2 Å². The van der Waals surface area contributed by atoms with Crippen LogP contribution in [0.3, 0.4) is 0 Å². The molecule has 0 aliphatic heterocycles. The summed E-state index contributed by atoms with van der Waals surface area (Å²) in [5.74, 6) is 0.814. The average molecular weight is 253 g/mol. The summed E-state index contributed by atoms with van der Waals surface area (Å²) in [4.78, 5) is 16.0. The first-order valence-electron chi connectivity index (χ1n) is 6.35. The van der Waals surface area contributed by atoms with E-state index < -0.39 is 6.04 Å². The van der Waals surface area contributed by atoms with E-state index in [2.05, 4.69) is 22.5 Å². The third kappa shape index (κ3) is 5.31. The Morgan fingerprint density at radius 2 is 2.39 bits per heavy atom. The molecule has 18 heavy (non-hydrogen) atoms. The van der Waals surface area contributed by atoms with Crippen molar-refractivity contribution in [2.45, 2.75) is 32.2 Å². The van der Waals surface area contributed by atoms with Gasteiger partial charge in [-0.2, -0.15) is 0 Å². The first kappa shape index (κ1) is 14.7. The van der Waals surface area contributed by atoms with Gasteiger partial charge in [0.25, 0.3) is 0 Å². The number of amides is 1. The summed E-state index contributed by atoms with van der Waals surface area (Å²) < 4.78 is 4.98. The first-order valence-corrected chi connectivity index (χ1v) is 6.35. The van der Waals surface area contributed by atoms with Crippen LogP contribution in [0, 0.1) is 5.92 Å². The number of carbonyl (C=O) groups excluding carboxylic acids is 1. The number of nitrogens with two attached hydrogens (primary N) is 1. The highest BCUT2D eigenvalue weighted by Crippen LogP contribution is 2.16. The Kier molecular flexibility index (Phi) is 6.43. The maximum Gasteiger partial charge on any atom is 0.247 e. The van der Waals surface area contributed by atoms with E-state index in [9.17, 15) is 4.79 Å². The minimum atomic E-state index is -0.542. The Hall–Kier alpha value is -1.36. The molecule has 0 aromatic rings. The van der Waals surface area contributed by atoms with Crippen LogP contribution in [0.5, 0.6) is 0 Å². The van der Waals surface area contributed by atoms with Crippen LogP contribution in [0.25, 0.3) is 0 Å². The summed E-state index contributed by atoms with van der Waals surface area (Å²) >= 11 is 0. The van der Waals surface area contributed by atoms with Crippen molar-refractivity contribution in [1.82, 2.24) is 5.32 Å². The van der Waals surface area contributed by atoms with Crippen molar-refractivity contribution in [1.29, 1.82) is 0 Å². The Labute approximate surface area is 108 Å². The predicted molar refractivity (Wildman–Crippen MR) is 72.5 cm³/mol. The molecule has 1 unspecified atom stereocenters. The molecule has 0 saturated heterocycles. The molecule has 1 aliphatic rings. The Balaban J connectivity index is 2.40. The molecule has 0 radical (unpaired) electrons. The molecule has 0 fully saturated rings. The van der Waals surface area contributed by atoms with Crippen LogP contribution in [0.15, 0.2) is 17.1 Å². The topological polar surface area (TPSA) is 76.7 Å². The fraction of sp³-hybridized carbons (Fsp3) is 0.692. The number of amidine groups is 1. The van der Waals surface area contributed by atoms with E-state index in [0.29, 0.717) is 18.3 Å². The highest BCUT2D eigenvalue weighted by atomic mass is 16.5. The van der Waals surface area contributed by atoms with Gasteiger partial charge in [-0.25, -0.2) is 0 Å². The molecule has 0 saturated carbocycles. The molecule has 0 heterocycles. The molecule has 2 atom stereocenters. The second kappa shape index (κ2) is 7.87. The van der Waals surface area contributed by atoms with E-state index in [1.807, 2.05) is 0 Å². The van der Waals surface area contributed by atoms with E-state index in [1.54, 1.807) is 14.0 Å². The average Bonchev–Trinajstić information content (AvgIpc) is 2.36. The lowest BCUT2D eigenvalue weighted by Crippen LogP contribution is -2.39. The van der Waals surface area contributed by atoms with E-state index in [0.717, 1.165) is 19.3 Å². The quantitative estimate of drug-likeness (QED) is 0.418.